The fourth-order valence-corrected chi connectivity index (χ4v) is 2.35. The molecule has 0 unspecified atom stereocenters. The number of rotatable bonds is 4. The number of hydrogen-bond acceptors (Lipinski definition) is 4. The number of aromatic nitrogens is 1. The molecule has 1 aromatic rings. The normalized spacial score (nSPS) is 21.5. The van der Waals surface area contributed by atoms with E-state index in [9.17, 15) is 9.59 Å². The van der Waals surface area contributed by atoms with Gasteiger partial charge in [-0.3, -0.25) is 9.78 Å². The van der Waals surface area contributed by atoms with Crippen molar-refractivity contribution >= 4 is 11.8 Å². The fourth-order valence-electron chi connectivity index (χ4n) is 2.35. The third kappa shape index (κ3) is 2.96. The van der Waals surface area contributed by atoms with Crippen LogP contribution in [0.1, 0.15) is 29.4 Å². The molecule has 1 saturated heterocycles. The molecular formula is C14H20N4O2. The maximum Gasteiger partial charge on any atom is 0.315 e. The second-order valence-electron chi connectivity index (χ2n) is 5.01. The van der Waals surface area contributed by atoms with E-state index in [-0.39, 0.29) is 11.8 Å². The van der Waals surface area contributed by atoms with Gasteiger partial charge in [0.15, 0.2) is 5.78 Å². The monoisotopic (exact) mass is 276 g/mol. The van der Waals surface area contributed by atoms with Crippen molar-refractivity contribution in [1.29, 1.82) is 0 Å². The van der Waals surface area contributed by atoms with Gasteiger partial charge in [0.25, 0.3) is 0 Å². The quantitative estimate of drug-likeness (QED) is 0.704. The van der Waals surface area contributed by atoms with Gasteiger partial charge in [0.05, 0.1) is 0 Å². The van der Waals surface area contributed by atoms with Crippen molar-refractivity contribution in [2.75, 3.05) is 19.6 Å². The maximum absolute atomic E-state index is 12.7. The van der Waals surface area contributed by atoms with Crippen molar-refractivity contribution in [2.24, 2.45) is 0 Å². The number of pyridine rings is 1. The molecule has 0 aromatic carbocycles. The van der Waals surface area contributed by atoms with Crippen LogP contribution < -0.4 is 16.0 Å². The van der Waals surface area contributed by atoms with Crippen LogP contribution >= 0.6 is 0 Å². The summed E-state index contributed by atoms with van der Waals surface area (Å²) in [7, 11) is 0. The number of nitrogens with one attached hydrogen (secondary N) is 3. The molecule has 3 N–H and O–H groups in total. The summed E-state index contributed by atoms with van der Waals surface area (Å²) in [4.78, 5) is 28.6. The van der Waals surface area contributed by atoms with Gasteiger partial charge in [-0.1, -0.05) is 0 Å². The van der Waals surface area contributed by atoms with Crippen LogP contribution in [0, 0.1) is 6.92 Å². The standard InChI is InChI=1S/C14H20N4O2/c1-3-16-13(20)18-14(6-7-15-9-14)12(19)11-5-4-10(2)17-8-11/h4-5,8,15H,3,6-7,9H2,1-2H3,(H2,16,18,20)/t14-/m1/s1. The third-order valence-corrected chi connectivity index (χ3v) is 3.45. The summed E-state index contributed by atoms with van der Waals surface area (Å²) in [5.41, 5.74) is 0.504. The Bertz CT molecular complexity index is 492. The summed E-state index contributed by atoms with van der Waals surface area (Å²) >= 11 is 0. The molecule has 2 heterocycles. The summed E-state index contributed by atoms with van der Waals surface area (Å²) in [6, 6.07) is 3.24. The molecule has 0 spiro atoms. The Balaban J connectivity index is 2.21. The zero-order valence-corrected chi connectivity index (χ0v) is 11.8. The summed E-state index contributed by atoms with van der Waals surface area (Å²) in [6.45, 7) is 5.38. The van der Waals surface area contributed by atoms with Crippen LogP contribution in [0.25, 0.3) is 0 Å². The van der Waals surface area contributed by atoms with Crippen LogP contribution in [0.3, 0.4) is 0 Å². The summed E-state index contributed by atoms with van der Waals surface area (Å²) in [6.07, 6.45) is 2.15. The highest BCUT2D eigenvalue weighted by atomic mass is 16.2. The van der Waals surface area contributed by atoms with Gasteiger partial charge in [0.2, 0.25) is 0 Å². The number of amides is 2. The van der Waals surface area contributed by atoms with E-state index in [1.165, 1.54) is 0 Å². The largest absolute Gasteiger partial charge is 0.338 e. The average Bonchev–Trinajstić information content (AvgIpc) is 2.88. The molecule has 2 rings (SSSR count). The van der Waals surface area contributed by atoms with Crippen LogP contribution in [0.5, 0.6) is 0 Å². The number of aryl methyl sites for hydroxylation is 1. The lowest BCUT2D eigenvalue weighted by molar-refractivity contribution is 0.0873. The van der Waals surface area contributed by atoms with Gasteiger partial charge >= 0.3 is 6.03 Å². The highest BCUT2D eigenvalue weighted by Gasteiger charge is 2.42. The fraction of sp³-hybridized carbons (Fsp3) is 0.500. The Morgan fingerprint density at radius 3 is 2.80 bits per heavy atom. The van der Waals surface area contributed by atoms with E-state index < -0.39 is 5.54 Å². The average molecular weight is 276 g/mol. The lowest BCUT2D eigenvalue weighted by Crippen LogP contribution is -2.58. The number of carbonyl (C=O) groups is 2. The predicted molar refractivity (Wildman–Crippen MR) is 75.7 cm³/mol. The molecule has 0 aliphatic carbocycles. The van der Waals surface area contributed by atoms with Crippen LogP contribution in [0.15, 0.2) is 18.3 Å². The first-order valence-electron chi connectivity index (χ1n) is 6.81. The van der Waals surface area contributed by atoms with Crippen molar-refractivity contribution in [3.05, 3.63) is 29.6 Å². The molecule has 1 aromatic heterocycles. The topological polar surface area (TPSA) is 83.1 Å². The summed E-state index contributed by atoms with van der Waals surface area (Å²) < 4.78 is 0. The minimum atomic E-state index is -0.879. The first-order valence-corrected chi connectivity index (χ1v) is 6.81. The van der Waals surface area contributed by atoms with Crippen molar-refractivity contribution in [1.82, 2.24) is 20.9 Å². The Hall–Kier alpha value is -1.95. The zero-order chi connectivity index (χ0) is 14.6. The molecule has 1 aliphatic heterocycles. The second kappa shape index (κ2) is 6.00. The number of Topliss-reactive ketones (excluding diaryl/α,β-unsaturated/α-hetero) is 1. The van der Waals surface area contributed by atoms with Crippen LogP contribution in [0.2, 0.25) is 0 Å². The van der Waals surface area contributed by atoms with Gasteiger partial charge in [-0.2, -0.15) is 0 Å². The highest BCUT2D eigenvalue weighted by Crippen LogP contribution is 2.20. The van der Waals surface area contributed by atoms with Crippen LogP contribution in [-0.2, 0) is 0 Å². The number of urea groups is 1. The molecule has 0 saturated carbocycles. The van der Waals surface area contributed by atoms with Crippen LogP contribution in [-0.4, -0.2) is 42.0 Å². The van der Waals surface area contributed by atoms with Gasteiger partial charge in [0.1, 0.15) is 5.54 Å². The molecule has 108 valence electrons. The van der Waals surface area contributed by atoms with E-state index in [4.69, 9.17) is 0 Å². The number of carbonyl (C=O) groups excluding carboxylic acids is 2. The molecule has 20 heavy (non-hydrogen) atoms. The van der Waals surface area contributed by atoms with Gasteiger partial charge in [-0.25, -0.2) is 4.79 Å². The van der Waals surface area contributed by atoms with Crippen molar-refractivity contribution in [3.8, 4) is 0 Å². The molecule has 1 fully saturated rings. The van der Waals surface area contributed by atoms with E-state index in [0.717, 1.165) is 5.69 Å². The van der Waals surface area contributed by atoms with E-state index in [0.29, 0.717) is 31.6 Å². The lowest BCUT2D eigenvalue weighted by atomic mass is 9.89. The van der Waals surface area contributed by atoms with Crippen molar-refractivity contribution < 1.29 is 9.59 Å². The first-order chi connectivity index (χ1) is 9.57. The number of nitrogens with zero attached hydrogens (tertiary/aromatic N) is 1. The SMILES string of the molecule is CCNC(=O)N[C@]1(C(=O)c2ccc(C)nc2)CCNC1. The molecule has 0 bridgehead atoms. The lowest BCUT2D eigenvalue weighted by Gasteiger charge is -2.28. The molecule has 6 heteroatoms. The van der Waals surface area contributed by atoms with E-state index in [2.05, 4.69) is 20.9 Å². The molecule has 6 nitrogen and oxygen atoms in total. The molecule has 2 amide bonds. The summed E-state index contributed by atoms with van der Waals surface area (Å²) in [5, 5.41) is 8.62. The molecule has 1 atom stereocenters. The Kier molecular flexibility index (Phi) is 4.34. The Labute approximate surface area is 118 Å². The predicted octanol–water partition coefficient (Wildman–Crippen LogP) is 0.624. The van der Waals surface area contributed by atoms with Gasteiger partial charge < -0.3 is 16.0 Å². The highest BCUT2D eigenvalue weighted by molar-refractivity contribution is 6.05. The summed E-state index contributed by atoms with van der Waals surface area (Å²) in [5.74, 6) is -0.0961. The van der Waals surface area contributed by atoms with Gasteiger partial charge in [0, 0.05) is 30.5 Å². The minimum absolute atomic E-state index is 0.0961. The Morgan fingerprint density at radius 2 is 2.25 bits per heavy atom. The number of ketones is 1. The minimum Gasteiger partial charge on any atom is -0.338 e. The maximum atomic E-state index is 12.7. The van der Waals surface area contributed by atoms with Gasteiger partial charge in [-0.05, 0) is 38.9 Å². The van der Waals surface area contributed by atoms with E-state index >= 15 is 0 Å². The van der Waals surface area contributed by atoms with Crippen LogP contribution in [0.4, 0.5) is 4.79 Å². The second-order valence-corrected chi connectivity index (χ2v) is 5.01. The zero-order valence-electron chi connectivity index (χ0n) is 11.8. The van der Waals surface area contributed by atoms with E-state index in [1.54, 1.807) is 18.3 Å². The molecule has 0 radical (unpaired) electrons. The third-order valence-electron chi connectivity index (χ3n) is 3.45. The number of hydrogen-bond donors (Lipinski definition) is 3. The van der Waals surface area contributed by atoms with Crippen molar-refractivity contribution in [2.45, 2.75) is 25.8 Å². The van der Waals surface area contributed by atoms with E-state index in [1.807, 2.05) is 13.8 Å². The first kappa shape index (κ1) is 14.5. The Morgan fingerprint density at radius 1 is 1.45 bits per heavy atom. The molecular weight excluding hydrogens is 256 g/mol. The molecule has 1 aliphatic rings. The van der Waals surface area contributed by atoms with Gasteiger partial charge in [-0.15, -0.1) is 0 Å². The van der Waals surface area contributed by atoms with Crippen molar-refractivity contribution in [3.63, 3.8) is 0 Å². The smallest absolute Gasteiger partial charge is 0.315 e.